The van der Waals surface area contributed by atoms with E-state index in [1.54, 1.807) is 40.7 Å². The van der Waals surface area contributed by atoms with Gasteiger partial charge in [0, 0.05) is 15.5 Å². The Balaban J connectivity index is 1.72. The molecular formula is C15H11F3N4OS2. The number of hydrogen-bond donors (Lipinski definition) is 2. The Morgan fingerprint density at radius 3 is 2.72 bits per heavy atom. The first-order chi connectivity index (χ1) is 11.9. The monoisotopic (exact) mass is 384 g/mol. The molecule has 130 valence electrons. The second-order valence-corrected chi connectivity index (χ2v) is 6.87. The van der Waals surface area contributed by atoms with Crippen molar-refractivity contribution in [2.24, 2.45) is 0 Å². The average Bonchev–Trinajstić information content (AvgIpc) is 3.24. The van der Waals surface area contributed by atoms with Crippen LogP contribution in [0.5, 0.6) is 0 Å². The van der Waals surface area contributed by atoms with Crippen LogP contribution in [0.3, 0.4) is 0 Å². The zero-order valence-corrected chi connectivity index (χ0v) is 14.1. The van der Waals surface area contributed by atoms with Crippen LogP contribution in [0.1, 0.15) is 21.1 Å². The number of carbonyl (C=O) groups excluding carboxylic acids is 1. The molecule has 5 nitrogen and oxygen atoms in total. The first-order valence-electron chi connectivity index (χ1n) is 6.98. The Labute approximate surface area is 148 Å². The number of thiophene rings is 1. The summed E-state index contributed by atoms with van der Waals surface area (Å²) in [5, 5.41) is 9.38. The van der Waals surface area contributed by atoms with Crippen LogP contribution in [-0.4, -0.2) is 21.1 Å². The topological polar surface area (TPSA) is 70.7 Å². The van der Waals surface area contributed by atoms with E-state index in [4.69, 9.17) is 0 Å². The summed E-state index contributed by atoms with van der Waals surface area (Å²) in [5.74, 6) is -1.55. The highest BCUT2D eigenvalue weighted by molar-refractivity contribution is 7.98. The Bertz CT molecular complexity index is 862. The number of nitrogens with zero attached hydrogens (tertiary/aromatic N) is 2. The van der Waals surface area contributed by atoms with Crippen molar-refractivity contribution in [3.63, 3.8) is 0 Å². The summed E-state index contributed by atoms with van der Waals surface area (Å²) in [6.45, 7) is 0. The van der Waals surface area contributed by atoms with Gasteiger partial charge in [-0.25, -0.2) is 0 Å². The minimum Gasteiger partial charge on any atom is -0.289 e. The molecule has 0 radical (unpaired) electrons. The number of alkyl halides is 3. The molecule has 10 heteroatoms. The number of aromatic nitrogens is 3. The second kappa shape index (κ2) is 7.28. The number of carbonyl (C=O) groups is 1. The van der Waals surface area contributed by atoms with E-state index in [0.717, 1.165) is 9.77 Å². The lowest BCUT2D eigenvalue weighted by molar-refractivity contribution is -0.144. The highest BCUT2D eigenvalue weighted by Crippen LogP contribution is 2.29. The number of hydrogen-bond acceptors (Lipinski definition) is 5. The van der Waals surface area contributed by atoms with Gasteiger partial charge in [-0.2, -0.15) is 18.2 Å². The lowest BCUT2D eigenvalue weighted by atomic mass is 10.2. The summed E-state index contributed by atoms with van der Waals surface area (Å²) >= 11 is 3.09. The Kier molecular flexibility index (Phi) is 5.09. The molecule has 0 bridgehead atoms. The van der Waals surface area contributed by atoms with Crippen molar-refractivity contribution in [3.05, 3.63) is 58.0 Å². The molecule has 0 aliphatic carbocycles. The predicted octanol–water partition coefficient (Wildman–Crippen LogP) is 4.43. The van der Waals surface area contributed by atoms with Crippen LogP contribution >= 0.6 is 23.1 Å². The fourth-order valence-electron chi connectivity index (χ4n) is 1.94. The zero-order valence-electron chi connectivity index (χ0n) is 12.5. The summed E-state index contributed by atoms with van der Waals surface area (Å²) in [6.07, 6.45) is -4.65. The second-order valence-electron chi connectivity index (χ2n) is 4.82. The molecule has 25 heavy (non-hydrogen) atoms. The van der Waals surface area contributed by atoms with Gasteiger partial charge in [-0.3, -0.25) is 15.2 Å². The van der Waals surface area contributed by atoms with Crippen LogP contribution in [-0.2, 0) is 11.9 Å². The quantitative estimate of drug-likeness (QED) is 0.639. The number of thioether (sulfide) groups is 1. The number of H-pyrrole nitrogens is 1. The first kappa shape index (κ1) is 17.5. The largest absolute Gasteiger partial charge is 0.451 e. The minimum atomic E-state index is -4.65. The van der Waals surface area contributed by atoms with Crippen LogP contribution in [0.15, 0.2) is 46.7 Å². The van der Waals surface area contributed by atoms with E-state index in [2.05, 4.69) is 15.4 Å². The number of halogens is 3. The molecule has 2 aromatic heterocycles. The molecule has 0 spiro atoms. The smallest absolute Gasteiger partial charge is 0.289 e. The molecule has 3 aromatic rings. The average molecular weight is 384 g/mol. The molecule has 3 rings (SSSR count). The highest BCUT2D eigenvalue weighted by Gasteiger charge is 2.35. The molecule has 0 unspecified atom stereocenters. The standard InChI is InChI=1S/C15H11F3N4OS2/c16-15(17,18)13-20-14(22-21-13)19-12(23)10-5-1-2-6-11(10)25-8-9-4-3-7-24-9/h1-7H,8H2,(H2,19,20,21,22,23). The van der Waals surface area contributed by atoms with Crippen molar-refractivity contribution in [2.45, 2.75) is 16.8 Å². The zero-order chi connectivity index (χ0) is 17.9. The van der Waals surface area contributed by atoms with Crippen molar-refractivity contribution < 1.29 is 18.0 Å². The molecule has 1 amide bonds. The van der Waals surface area contributed by atoms with Crippen LogP contribution in [0.25, 0.3) is 0 Å². The van der Waals surface area contributed by atoms with Crippen molar-refractivity contribution >= 4 is 35.0 Å². The lowest BCUT2D eigenvalue weighted by Crippen LogP contribution is -2.14. The summed E-state index contributed by atoms with van der Waals surface area (Å²) in [5.41, 5.74) is 0.349. The normalized spacial score (nSPS) is 11.5. The lowest BCUT2D eigenvalue weighted by Gasteiger charge is -2.07. The summed E-state index contributed by atoms with van der Waals surface area (Å²) in [4.78, 5) is 17.5. The third-order valence-electron chi connectivity index (χ3n) is 3.06. The number of anilines is 1. The molecule has 2 heterocycles. The summed E-state index contributed by atoms with van der Waals surface area (Å²) in [7, 11) is 0. The van der Waals surface area contributed by atoms with E-state index in [1.807, 2.05) is 17.5 Å². The van der Waals surface area contributed by atoms with Gasteiger partial charge in [0.05, 0.1) is 5.56 Å². The Hall–Kier alpha value is -2.33. The number of amides is 1. The third-order valence-corrected chi connectivity index (χ3v) is 5.24. The van der Waals surface area contributed by atoms with Crippen molar-refractivity contribution in [1.82, 2.24) is 15.2 Å². The maximum Gasteiger partial charge on any atom is 0.451 e. The highest BCUT2D eigenvalue weighted by atomic mass is 32.2. The first-order valence-corrected chi connectivity index (χ1v) is 8.85. The van der Waals surface area contributed by atoms with Crippen molar-refractivity contribution in [3.8, 4) is 0 Å². The Morgan fingerprint density at radius 2 is 2.04 bits per heavy atom. The van der Waals surface area contributed by atoms with Crippen LogP contribution in [0.4, 0.5) is 19.1 Å². The molecule has 0 saturated heterocycles. The van der Waals surface area contributed by atoms with Crippen LogP contribution in [0, 0.1) is 0 Å². The van der Waals surface area contributed by atoms with Gasteiger partial charge in [0.15, 0.2) is 0 Å². The van der Waals surface area contributed by atoms with Gasteiger partial charge in [-0.15, -0.1) is 28.2 Å². The maximum atomic E-state index is 12.5. The van der Waals surface area contributed by atoms with E-state index >= 15 is 0 Å². The molecule has 0 saturated carbocycles. The van der Waals surface area contributed by atoms with Gasteiger partial charge in [0.25, 0.3) is 5.91 Å². The number of benzene rings is 1. The van der Waals surface area contributed by atoms with Gasteiger partial charge < -0.3 is 0 Å². The predicted molar refractivity (Wildman–Crippen MR) is 89.7 cm³/mol. The van der Waals surface area contributed by atoms with Crippen LogP contribution in [0.2, 0.25) is 0 Å². The Morgan fingerprint density at radius 1 is 1.24 bits per heavy atom. The minimum absolute atomic E-state index is 0.349. The molecule has 0 aliphatic heterocycles. The third kappa shape index (κ3) is 4.40. The van der Waals surface area contributed by atoms with Gasteiger partial charge in [-0.1, -0.05) is 18.2 Å². The molecule has 0 fully saturated rings. The van der Waals surface area contributed by atoms with E-state index in [-0.39, 0.29) is 0 Å². The van der Waals surface area contributed by atoms with E-state index in [0.29, 0.717) is 11.3 Å². The molecule has 0 atom stereocenters. The SMILES string of the molecule is O=C(Nc1n[nH]c(C(F)(F)F)n1)c1ccccc1SCc1cccs1. The van der Waals surface area contributed by atoms with Gasteiger partial charge >= 0.3 is 6.18 Å². The molecular weight excluding hydrogens is 373 g/mol. The van der Waals surface area contributed by atoms with E-state index < -0.39 is 23.9 Å². The van der Waals surface area contributed by atoms with Crippen molar-refractivity contribution in [1.29, 1.82) is 0 Å². The molecule has 0 aliphatic rings. The molecule has 2 N–H and O–H groups in total. The number of aromatic amines is 1. The maximum absolute atomic E-state index is 12.5. The number of nitrogens with one attached hydrogen (secondary N) is 2. The number of rotatable bonds is 5. The fourth-order valence-corrected chi connectivity index (χ4v) is 3.76. The fraction of sp³-hybridized carbons (Fsp3) is 0.133. The van der Waals surface area contributed by atoms with Gasteiger partial charge in [0.2, 0.25) is 11.8 Å². The summed E-state index contributed by atoms with van der Waals surface area (Å²) < 4.78 is 37.5. The van der Waals surface area contributed by atoms with Gasteiger partial charge in [-0.05, 0) is 23.6 Å². The van der Waals surface area contributed by atoms with E-state index in [1.165, 1.54) is 11.8 Å². The van der Waals surface area contributed by atoms with Gasteiger partial charge in [0.1, 0.15) is 0 Å². The summed E-state index contributed by atoms with van der Waals surface area (Å²) in [6, 6.07) is 10.8. The van der Waals surface area contributed by atoms with Crippen molar-refractivity contribution in [2.75, 3.05) is 5.32 Å². The van der Waals surface area contributed by atoms with Crippen LogP contribution < -0.4 is 5.32 Å². The molecule has 1 aromatic carbocycles. The van der Waals surface area contributed by atoms with E-state index in [9.17, 15) is 18.0 Å².